The SMILES string of the molecule is CCC1NC(C)CC1c1ccc2cc(OC)ccc2c1. The van der Waals surface area contributed by atoms with Crippen molar-refractivity contribution in [3.63, 3.8) is 0 Å². The Labute approximate surface area is 121 Å². The zero-order chi connectivity index (χ0) is 14.1. The van der Waals surface area contributed by atoms with Crippen LogP contribution in [-0.4, -0.2) is 19.2 Å². The Bertz CT molecular complexity index is 607. The number of ether oxygens (including phenoxy) is 1. The summed E-state index contributed by atoms with van der Waals surface area (Å²) in [7, 11) is 1.72. The molecule has 0 radical (unpaired) electrons. The summed E-state index contributed by atoms with van der Waals surface area (Å²) in [6.07, 6.45) is 2.43. The van der Waals surface area contributed by atoms with E-state index >= 15 is 0 Å². The van der Waals surface area contributed by atoms with Crippen molar-refractivity contribution in [3.8, 4) is 5.75 Å². The van der Waals surface area contributed by atoms with Gasteiger partial charge in [0.1, 0.15) is 5.75 Å². The average molecular weight is 269 g/mol. The molecule has 20 heavy (non-hydrogen) atoms. The van der Waals surface area contributed by atoms with Gasteiger partial charge in [-0.25, -0.2) is 0 Å². The van der Waals surface area contributed by atoms with Crippen LogP contribution in [0.2, 0.25) is 0 Å². The maximum atomic E-state index is 5.29. The Morgan fingerprint density at radius 2 is 1.90 bits per heavy atom. The molecule has 3 rings (SSSR count). The standard InChI is InChI=1S/C18H23NO/c1-4-18-17(9-12(2)19-18)15-6-5-14-11-16(20-3)8-7-13(14)10-15/h5-8,10-12,17-19H,4,9H2,1-3H3. The molecule has 3 unspecified atom stereocenters. The molecule has 0 aromatic heterocycles. The molecule has 1 aliphatic heterocycles. The Hall–Kier alpha value is -1.54. The van der Waals surface area contributed by atoms with Gasteiger partial charge in [-0.15, -0.1) is 0 Å². The second-order valence-electron chi connectivity index (χ2n) is 5.90. The third kappa shape index (κ3) is 2.40. The molecule has 0 bridgehead atoms. The van der Waals surface area contributed by atoms with Crippen LogP contribution in [0.4, 0.5) is 0 Å². The molecule has 1 saturated heterocycles. The van der Waals surface area contributed by atoms with Gasteiger partial charge in [-0.3, -0.25) is 0 Å². The van der Waals surface area contributed by atoms with Crippen molar-refractivity contribution in [1.82, 2.24) is 5.32 Å². The van der Waals surface area contributed by atoms with Crippen LogP contribution in [0.25, 0.3) is 10.8 Å². The minimum Gasteiger partial charge on any atom is -0.497 e. The number of hydrogen-bond acceptors (Lipinski definition) is 2. The van der Waals surface area contributed by atoms with Gasteiger partial charge in [0.2, 0.25) is 0 Å². The van der Waals surface area contributed by atoms with Crippen LogP contribution in [-0.2, 0) is 0 Å². The van der Waals surface area contributed by atoms with E-state index < -0.39 is 0 Å². The van der Waals surface area contributed by atoms with E-state index in [1.165, 1.54) is 29.2 Å². The molecule has 1 fully saturated rings. The highest BCUT2D eigenvalue weighted by molar-refractivity contribution is 5.84. The minimum absolute atomic E-state index is 0.612. The molecule has 1 aliphatic rings. The van der Waals surface area contributed by atoms with Gasteiger partial charge in [-0.1, -0.05) is 31.2 Å². The van der Waals surface area contributed by atoms with Gasteiger partial charge in [0.25, 0.3) is 0 Å². The topological polar surface area (TPSA) is 21.3 Å². The van der Waals surface area contributed by atoms with Crippen LogP contribution in [0, 0.1) is 0 Å². The molecule has 2 nitrogen and oxygen atoms in total. The van der Waals surface area contributed by atoms with E-state index in [2.05, 4.69) is 49.5 Å². The van der Waals surface area contributed by atoms with Gasteiger partial charge < -0.3 is 10.1 Å². The monoisotopic (exact) mass is 269 g/mol. The summed E-state index contributed by atoms with van der Waals surface area (Å²) in [6, 6.07) is 14.4. The van der Waals surface area contributed by atoms with Gasteiger partial charge in [0.05, 0.1) is 7.11 Å². The minimum atomic E-state index is 0.612. The summed E-state index contributed by atoms with van der Waals surface area (Å²) >= 11 is 0. The maximum Gasteiger partial charge on any atom is 0.119 e. The van der Waals surface area contributed by atoms with Crippen molar-refractivity contribution in [2.24, 2.45) is 0 Å². The lowest BCUT2D eigenvalue weighted by molar-refractivity contribution is 0.415. The van der Waals surface area contributed by atoms with Crippen molar-refractivity contribution in [2.45, 2.75) is 44.7 Å². The molecular formula is C18H23NO. The molecule has 2 aromatic carbocycles. The quantitative estimate of drug-likeness (QED) is 0.906. The Morgan fingerprint density at radius 1 is 1.15 bits per heavy atom. The Kier molecular flexibility index (Phi) is 3.66. The van der Waals surface area contributed by atoms with E-state index in [-0.39, 0.29) is 0 Å². The fourth-order valence-electron chi connectivity index (χ4n) is 3.47. The largest absolute Gasteiger partial charge is 0.497 e. The molecule has 0 saturated carbocycles. The number of rotatable bonds is 3. The van der Waals surface area contributed by atoms with Gasteiger partial charge in [0, 0.05) is 18.0 Å². The average Bonchev–Trinajstić information content (AvgIpc) is 2.87. The third-order valence-corrected chi connectivity index (χ3v) is 4.53. The highest BCUT2D eigenvalue weighted by Gasteiger charge is 2.31. The van der Waals surface area contributed by atoms with Gasteiger partial charge in [0.15, 0.2) is 0 Å². The zero-order valence-electron chi connectivity index (χ0n) is 12.5. The van der Waals surface area contributed by atoms with Crippen molar-refractivity contribution in [1.29, 1.82) is 0 Å². The first kappa shape index (κ1) is 13.4. The lowest BCUT2D eigenvalue weighted by Crippen LogP contribution is -2.28. The number of nitrogens with one attached hydrogen (secondary N) is 1. The van der Waals surface area contributed by atoms with E-state index in [0.29, 0.717) is 18.0 Å². The molecular weight excluding hydrogens is 246 g/mol. The molecule has 1 heterocycles. The predicted molar refractivity (Wildman–Crippen MR) is 84.5 cm³/mol. The van der Waals surface area contributed by atoms with Gasteiger partial charge in [-0.2, -0.15) is 0 Å². The second kappa shape index (κ2) is 5.45. The first-order valence-corrected chi connectivity index (χ1v) is 7.55. The highest BCUT2D eigenvalue weighted by atomic mass is 16.5. The van der Waals surface area contributed by atoms with E-state index in [1.807, 2.05) is 6.07 Å². The summed E-state index contributed by atoms with van der Waals surface area (Å²) in [6.45, 7) is 4.56. The lowest BCUT2D eigenvalue weighted by Gasteiger charge is -2.18. The van der Waals surface area contributed by atoms with Crippen LogP contribution in [0.15, 0.2) is 36.4 Å². The summed E-state index contributed by atoms with van der Waals surface area (Å²) in [4.78, 5) is 0. The van der Waals surface area contributed by atoms with Crippen LogP contribution in [0.3, 0.4) is 0 Å². The van der Waals surface area contributed by atoms with E-state index in [1.54, 1.807) is 7.11 Å². The first-order chi connectivity index (χ1) is 9.71. The third-order valence-electron chi connectivity index (χ3n) is 4.53. The van der Waals surface area contributed by atoms with Gasteiger partial charge >= 0.3 is 0 Å². The fraction of sp³-hybridized carbons (Fsp3) is 0.444. The first-order valence-electron chi connectivity index (χ1n) is 7.55. The van der Waals surface area contributed by atoms with E-state index in [9.17, 15) is 0 Å². The highest BCUT2D eigenvalue weighted by Crippen LogP contribution is 2.34. The predicted octanol–water partition coefficient (Wildman–Crippen LogP) is 4.09. The Morgan fingerprint density at radius 3 is 2.65 bits per heavy atom. The molecule has 1 N–H and O–H groups in total. The molecule has 3 atom stereocenters. The van der Waals surface area contributed by atoms with E-state index in [0.717, 1.165) is 5.75 Å². The van der Waals surface area contributed by atoms with Crippen molar-refractivity contribution < 1.29 is 4.74 Å². The van der Waals surface area contributed by atoms with Gasteiger partial charge in [-0.05, 0) is 48.2 Å². The summed E-state index contributed by atoms with van der Waals surface area (Å²) in [5, 5.41) is 6.25. The zero-order valence-corrected chi connectivity index (χ0v) is 12.5. The van der Waals surface area contributed by atoms with Crippen LogP contribution in [0.5, 0.6) is 5.75 Å². The Balaban J connectivity index is 1.96. The smallest absolute Gasteiger partial charge is 0.119 e. The maximum absolute atomic E-state index is 5.29. The number of benzene rings is 2. The molecule has 0 aliphatic carbocycles. The summed E-state index contributed by atoms with van der Waals surface area (Å²) in [5.74, 6) is 1.56. The summed E-state index contributed by atoms with van der Waals surface area (Å²) in [5.41, 5.74) is 1.46. The van der Waals surface area contributed by atoms with Crippen molar-refractivity contribution in [3.05, 3.63) is 42.0 Å². The second-order valence-corrected chi connectivity index (χ2v) is 5.90. The molecule has 0 amide bonds. The normalized spacial score (nSPS) is 26.1. The molecule has 2 heteroatoms. The number of fused-ring (bicyclic) bond motifs is 1. The number of methoxy groups -OCH3 is 1. The fourth-order valence-corrected chi connectivity index (χ4v) is 3.47. The molecule has 0 spiro atoms. The van der Waals surface area contributed by atoms with Crippen LogP contribution >= 0.6 is 0 Å². The summed E-state index contributed by atoms with van der Waals surface area (Å²) < 4.78 is 5.29. The molecule has 106 valence electrons. The van der Waals surface area contributed by atoms with Crippen LogP contribution in [0.1, 0.15) is 38.2 Å². The van der Waals surface area contributed by atoms with E-state index in [4.69, 9.17) is 4.74 Å². The number of hydrogen-bond donors (Lipinski definition) is 1. The van der Waals surface area contributed by atoms with Crippen molar-refractivity contribution in [2.75, 3.05) is 7.11 Å². The molecule has 2 aromatic rings. The van der Waals surface area contributed by atoms with Crippen LogP contribution < -0.4 is 10.1 Å². The lowest BCUT2D eigenvalue weighted by atomic mass is 9.88. The van der Waals surface area contributed by atoms with Crippen molar-refractivity contribution >= 4 is 10.8 Å².